The molecule has 2 aliphatic rings. The molecule has 33 heavy (non-hydrogen) atoms. The van der Waals surface area contributed by atoms with Gasteiger partial charge >= 0.3 is 0 Å². The van der Waals surface area contributed by atoms with Gasteiger partial charge in [-0.15, -0.1) is 11.3 Å². The Morgan fingerprint density at radius 2 is 1.82 bits per heavy atom. The van der Waals surface area contributed by atoms with Crippen molar-refractivity contribution in [3.05, 3.63) is 69.3 Å². The van der Waals surface area contributed by atoms with Gasteiger partial charge in [0.15, 0.2) is 5.65 Å². The van der Waals surface area contributed by atoms with Crippen LogP contribution in [0, 0.1) is 12.3 Å². The lowest BCUT2D eigenvalue weighted by molar-refractivity contribution is 0.187. The van der Waals surface area contributed by atoms with E-state index in [9.17, 15) is 0 Å². The smallest absolute Gasteiger partial charge is 0.227 e. The molecule has 1 atom stereocenters. The number of halogens is 2. The van der Waals surface area contributed by atoms with Crippen molar-refractivity contribution < 1.29 is 0 Å². The Kier molecular flexibility index (Phi) is 5.11. The molecule has 5 nitrogen and oxygen atoms in total. The first-order valence-electron chi connectivity index (χ1n) is 11.1. The molecule has 0 bridgehead atoms. The Morgan fingerprint density at radius 1 is 1.03 bits per heavy atom. The van der Waals surface area contributed by atoms with Crippen LogP contribution in [-0.4, -0.2) is 28.0 Å². The van der Waals surface area contributed by atoms with E-state index in [1.807, 2.05) is 19.1 Å². The van der Waals surface area contributed by atoms with Crippen LogP contribution in [0.3, 0.4) is 0 Å². The summed E-state index contributed by atoms with van der Waals surface area (Å²) in [6, 6.07) is 14.3. The highest BCUT2D eigenvalue weighted by Gasteiger charge is 2.46. The summed E-state index contributed by atoms with van der Waals surface area (Å²) in [4.78, 5) is 16.7. The van der Waals surface area contributed by atoms with E-state index >= 15 is 0 Å². The first-order chi connectivity index (χ1) is 15.9. The number of fused-ring (bicyclic) bond motifs is 2. The highest BCUT2D eigenvalue weighted by atomic mass is 35.5. The maximum atomic E-state index is 6.74. The molecule has 6 rings (SSSR count). The van der Waals surface area contributed by atoms with E-state index in [0.717, 1.165) is 59.3 Å². The van der Waals surface area contributed by atoms with Crippen molar-refractivity contribution in [2.24, 2.45) is 11.1 Å². The minimum Gasteiger partial charge on any atom is -0.341 e. The number of rotatable bonds is 2. The highest BCUT2D eigenvalue weighted by Crippen LogP contribution is 2.51. The topological polar surface area (TPSA) is 67.9 Å². The fraction of sp³-hybridized carbons (Fsp3) is 0.320. The Hall–Kier alpha value is -2.25. The Morgan fingerprint density at radius 3 is 2.61 bits per heavy atom. The van der Waals surface area contributed by atoms with Crippen molar-refractivity contribution >= 4 is 50.8 Å². The molecular weight excluding hydrogens is 473 g/mol. The van der Waals surface area contributed by atoms with Crippen LogP contribution in [0.25, 0.3) is 20.9 Å². The van der Waals surface area contributed by atoms with E-state index in [4.69, 9.17) is 43.9 Å². The standard InChI is InChI=1S/C25H23Cl2N5S/c1-14-20-22(30-23(33-20)17-7-4-8-18(26)19(17)27)31-24(29-14)32-11-9-25(10-12-32)13-15-5-2-3-6-16(15)21(25)28/h2-8,21H,9-13,28H2,1H3/t21-/m1/s1. The quantitative estimate of drug-likeness (QED) is 0.357. The first-order valence-corrected chi connectivity index (χ1v) is 12.7. The molecule has 3 heterocycles. The third kappa shape index (κ3) is 3.43. The molecule has 2 N–H and O–H groups in total. The molecule has 168 valence electrons. The molecule has 1 aliphatic heterocycles. The zero-order valence-corrected chi connectivity index (χ0v) is 20.5. The van der Waals surface area contributed by atoms with Crippen LogP contribution in [0.4, 0.5) is 5.95 Å². The van der Waals surface area contributed by atoms with Gasteiger partial charge in [-0.2, -0.15) is 4.98 Å². The maximum Gasteiger partial charge on any atom is 0.227 e. The predicted molar refractivity (Wildman–Crippen MR) is 136 cm³/mol. The van der Waals surface area contributed by atoms with Crippen LogP contribution < -0.4 is 10.6 Å². The number of aromatic nitrogens is 3. The van der Waals surface area contributed by atoms with E-state index in [0.29, 0.717) is 15.7 Å². The van der Waals surface area contributed by atoms with Crippen molar-refractivity contribution in [1.82, 2.24) is 15.0 Å². The third-order valence-corrected chi connectivity index (χ3v) is 9.23. The normalized spacial score (nSPS) is 19.4. The third-order valence-electron chi connectivity index (χ3n) is 7.23. The summed E-state index contributed by atoms with van der Waals surface area (Å²) in [7, 11) is 0. The van der Waals surface area contributed by atoms with E-state index in [1.165, 1.54) is 11.1 Å². The first kappa shape index (κ1) is 21.3. The zero-order chi connectivity index (χ0) is 22.7. The van der Waals surface area contributed by atoms with Crippen LogP contribution in [0.15, 0.2) is 42.5 Å². The number of hydrogen-bond acceptors (Lipinski definition) is 6. The SMILES string of the molecule is Cc1nc(N2CCC3(CC2)Cc2ccccc2[C@H]3N)nc2nc(-c3cccc(Cl)c3Cl)sc12. The average Bonchev–Trinajstić information content (AvgIpc) is 3.36. The summed E-state index contributed by atoms with van der Waals surface area (Å²) in [6.45, 7) is 3.80. The monoisotopic (exact) mass is 495 g/mol. The maximum absolute atomic E-state index is 6.74. The van der Waals surface area contributed by atoms with Gasteiger partial charge in [0.05, 0.1) is 20.4 Å². The second-order valence-electron chi connectivity index (χ2n) is 9.08. The number of nitrogens with two attached hydrogens (primary N) is 1. The highest BCUT2D eigenvalue weighted by molar-refractivity contribution is 7.21. The lowest BCUT2D eigenvalue weighted by atomic mass is 9.73. The number of anilines is 1. The van der Waals surface area contributed by atoms with E-state index in [-0.39, 0.29) is 11.5 Å². The number of nitrogens with zero attached hydrogens (tertiary/aromatic N) is 4. The number of hydrogen-bond donors (Lipinski definition) is 1. The fourth-order valence-corrected chi connectivity index (χ4v) is 6.75. The molecule has 1 fully saturated rings. The number of piperidine rings is 1. The van der Waals surface area contributed by atoms with Crippen LogP contribution in [0.1, 0.15) is 35.7 Å². The van der Waals surface area contributed by atoms with Gasteiger partial charge in [0.1, 0.15) is 5.01 Å². The van der Waals surface area contributed by atoms with Gasteiger partial charge in [-0.1, -0.05) is 59.6 Å². The molecular formula is C25H23Cl2N5S. The van der Waals surface area contributed by atoms with E-state index in [2.05, 4.69) is 29.2 Å². The van der Waals surface area contributed by atoms with Gasteiger partial charge in [0, 0.05) is 24.7 Å². The molecule has 1 saturated heterocycles. The summed E-state index contributed by atoms with van der Waals surface area (Å²) in [5.74, 6) is 0.743. The second-order valence-corrected chi connectivity index (χ2v) is 10.9. The van der Waals surface area contributed by atoms with Crippen molar-refractivity contribution in [1.29, 1.82) is 0 Å². The summed E-state index contributed by atoms with van der Waals surface area (Å²) in [6.07, 6.45) is 3.13. The zero-order valence-electron chi connectivity index (χ0n) is 18.2. The second kappa shape index (κ2) is 7.91. The molecule has 8 heteroatoms. The Balaban J connectivity index is 1.28. The summed E-state index contributed by atoms with van der Waals surface area (Å²) in [5, 5.41) is 1.84. The van der Waals surface area contributed by atoms with Gasteiger partial charge in [-0.3, -0.25) is 0 Å². The van der Waals surface area contributed by atoms with Crippen molar-refractivity contribution in [2.45, 2.75) is 32.2 Å². The molecule has 4 aromatic rings. The molecule has 1 aliphatic carbocycles. The van der Waals surface area contributed by atoms with E-state index in [1.54, 1.807) is 17.4 Å². The van der Waals surface area contributed by atoms with Gasteiger partial charge < -0.3 is 10.6 Å². The molecule has 1 spiro atoms. The van der Waals surface area contributed by atoms with Crippen molar-refractivity contribution in [3.63, 3.8) is 0 Å². The molecule has 0 unspecified atom stereocenters. The Labute approximate surface area is 206 Å². The summed E-state index contributed by atoms with van der Waals surface area (Å²) in [5.41, 5.74) is 12.1. The molecule has 0 saturated carbocycles. The van der Waals surface area contributed by atoms with Crippen LogP contribution >= 0.6 is 34.5 Å². The average molecular weight is 496 g/mol. The number of aryl methyl sites for hydroxylation is 1. The number of thiazole rings is 1. The van der Waals surface area contributed by atoms with Gasteiger partial charge in [0.25, 0.3) is 0 Å². The van der Waals surface area contributed by atoms with Gasteiger partial charge in [0.2, 0.25) is 5.95 Å². The van der Waals surface area contributed by atoms with E-state index < -0.39 is 0 Å². The minimum atomic E-state index is 0.101. The molecule has 0 radical (unpaired) electrons. The summed E-state index contributed by atoms with van der Waals surface area (Å²) >= 11 is 14.2. The molecule has 2 aromatic carbocycles. The largest absolute Gasteiger partial charge is 0.341 e. The van der Waals surface area contributed by atoms with Crippen LogP contribution in [-0.2, 0) is 6.42 Å². The van der Waals surface area contributed by atoms with Crippen LogP contribution in [0.2, 0.25) is 10.0 Å². The number of benzene rings is 2. The lowest BCUT2D eigenvalue weighted by Gasteiger charge is -2.42. The van der Waals surface area contributed by atoms with Gasteiger partial charge in [-0.25, -0.2) is 9.97 Å². The lowest BCUT2D eigenvalue weighted by Crippen LogP contribution is -2.45. The predicted octanol–water partition coefficient (Wildman–Crippen LogP) is 6.21. The summed E-state index contributed by atoms with van der Waals surface area (Å²) < 4.78 is 0.978. The van der Waals surface area contributed by atoms with Crippen molar-refractivity contribution in [3.8, 4) is 10.6 Å². The Bertz CT molecular complexity index is 1380. The molecule has 2 aromatic heterocycles. The molecule has 0 amide bonds. The fourth-order valence-electron chi connectivity index (χ4n) is 5.33. The van der Waals surface area contributed by atoms with Crippen LogP contribution in [0.5, 0.6) is 0 Å². The van der Waals surface area contributed by atoms with Crippen molar-refractivity contribution in [2.75, 3.05) is 18.0 Å². The minimum absolute atomic E-state index is 0.101. The van der Waals surface area contributed by atoms with Gasteiger partial charge in [-0.05, 0) is 48.8 Å².